The lowest BCUT2D eigenvalue weighted by Gasteiger charge is -2.16. The van der Waals surface area contributed by atoms with E-state index in [4.69, 9.17) is 0 Å². The number of rotatable bonds is 2. The summed E-state index contributed by atoms with van der Waals surface area (Å²) in [6, 6.07) is 53.7. The molecule has 41 heavy (non-hydrogen) atoms. The summed E-state index contributed by atoms with van der Waals surface area (Å²) in [4.78, 5) is 0. The van der Waals surface area contributed by atoms with Crippen molar-refractivity contribution in [1.82, 2.24) is 0 Å². The standard InChI is InChI=1S/C40H24S/c1-2-11-25(12-3-1)33-23-35-31-18-9-8-17-30(31)34(24-36(35)29-16-7-6-15-28(29)33)32-19-10-20-38-40(32)37-21-26-13-4-5-14-27(26)22-39(37)41-38/h1-24H. The van der Waals surface area contributed by atoms with E-state index in [2.05, 4.69) is 146 Å². The summed E-state index contributed by atoms with van der Waals surface area (Å²) in [6.07, 6.45) is 0. The van der Waals surface area contributed by atoms with Gasteiger partial charge in [-0.25, -0.2) is 0 Å². The molecular weight excluding hydrogens is 513 g/mol. The van der Waals surface area contributed by atoms with E-state index in [0.29, 0.717) is 0 Å². The van der Waals surface area contributed by atoms with Crippen molar-refractivity contribution in [1.29, 1.82) is 0 Å². The molecule has 0 aliphatic carbocycles. The van der Waals surface area contributed by atoms with Crippen LogP contribution in [0.1, 0.15) is 0 Å². The molecule has 0 fully saturated rings. The topological polar surface area (TPSA) is 0 Å². The maximum Gasteiger partial charge on any atom is 0.0362 e. The highest BCUT2D eigenvalue weighted by atomic mass is 32.1. The van der Waals surface area contributed by atoms with Gasteiger partial charge in [0.1, 0.15) is 0 Å². The monoisotopic (exact) mass is 536 g/mol. The number of thiophene rings is 1. The van der Waals surface area contributed by atoms with Crippen molar-refractivity contribution in [2.24, 2.45) is 0 Å². The highest BCUT2D eigenvalue weighted by Crippen LogP contribution is 2.46. The molecule has 1 aromatic heterocycles. The van der Waals surface area contributed by atoms with Gasteiger partial charge in [-0.2, -0.15) is 0 Å². The third-order valence-electron chi connectivity index (χ3n) is 8.62. The summed E-state index contributed by atoms with van der Waals surface area (Å²) >= 11 is 1.90. The van der Waals surface area contributed by atoms with Crippen molar-refractivity contribution in [2.45, 2.75) is 0 Å². The molecule has 9 aromatic rings. The molecule has 190 valence electrons. The van der Waals surface area contributed by atoms with Crippen molar-refractivity contribution in [2.75, 3.05) is 0 Å². The van der Waals surface area contributed by atoms with Gasteiger partial charge in [-0.15, -0.1) is 11.3 Å². The molecule has 0 saturated heterocycles. The quantitative estimate of drug-likeness (QED) is 0.193. The molecular formula is C40H24S. The highest BCUT2D eigenvalue weighted by Gasteiger charge is 2.17. The van der Waals surface area contributed by atoms with Crippen LogP contribution in [0.25, 0.3) is 85.5 Å². The third kappa shape index (κ3) is 3.40. The number of hydrogen-bond acceptors (Lipinski definition) is 1. The summed E-state index contributed by atoms with van der Waals surface area (Å²) in [6.45, 7) is 0. The molecule has 0 amide bonds. The zero-order valence-electron chi connectivity index (χ0n) is 22.3. The van der Waals surface area contributed by atoms with Crippen LogP contribution in [-0.4, -0.2) is 0 Å². The van der Waals surface area contributed by atoms with E-state index in [1.165, 1.54) is 85.5 Å². The van der Waals surface area contributed by atoms with E-state index in [0.717, 1.165) is 0 Å². The minimum Gasteiger partial charge on any atom is -0.135 e. The van der Waals surface area contributed by atoms with Gasteiger partial charge < -0.3 is 0 Å². The second-order valence-electron chi connectivity index (χ2n) is 10.9. The number of fused-ring (bicyclic) bond motifs is 9. The van der Waals surface area contributed by atoms with Crippen molar-refractivity contribution in [3.05, 3.63) is 146 Å². The fraction of sp³-hybridized carbons (Fsp3) is 0. The third-order valence-corrected chi connectivity index (χ3v) is 9.74. The van der Waals surface area contributed by atoms with Crippen LogP contribution in [0.3, 0.4) is 0 Å². The largest absolute Gasteiger partial charge is 0.135 e. The molecule has 9 rings (SSSR count). The van der Waals surface area contributed by atoms with Crippen molar-refractivity contribution in [3.63, 3.8) is 0 Å². The Morgan fingerprint density at radius 2 is 0.902 bits per heavy atom. The lowest BCUT2D eigenvalue weighted by atomic mass is 9.87. The summed E-state index contributed by atoms with van der Waals surface area (Å²) in [5.41, 5.74) is 5.13. The Morgan fingerprint density at radius 1 is 0.317 bits per heavy atom. The molecule has 0 bridgehead atoms. The van der Waals surface area contributed by atoms with Gasteiger partial charge in [-0.05, 0) is 95.7 Å². The van der Waals surface area contributed by atoms with E-state index in [9.17, 15) is 0 Å². The second kappa shape index (κ2) is 8.76. The Hall–Kier alpha value is -4.98. The van der Waals surface area contributed by atoms with Gasteiger partial charge in [0.2, 0.25) is 0 Å². The lowest BCUT2D eigenvalue weighted by molar-refractivity contribution is 1.67. The minimum absolute atomic E-state index is 1.25. The molecule has 0 N–H and O–H groups in total. The van der Waals surface area contributed by atoms with E-state index in [-0.39, 0.29) is 0 Å². The Bertz CT molecular complexity index is 2460. The van der Waals surface area contributed by atoms with Crippen molar-refractivity contribution < 1.29 is 0 Å². The first-order valence-corrected chi connectivity index (χ1v) is 14.9. The average Bonchev–Trinajstić information content (AvgIpc) is 3.41. The first-order valence-electron chi connectivity index (χ1n) is 14.1. The maximum absolute atomic E-state index is 2.45. The molecule has 0 unspecified atom stereocenters. The predicted molar refractivity (Wildman–Crippen MR) is 180 cm³/mol. The van der Waals surface area contributed by atoms with Crippen LogP contribution in [0.5, 0.6) is 0 Å². The predicted octanol–water partition coefficient (Wildman–Crippen LogP) is 12.0. The maximum atomic E-state index is 2.45. The Kier molecular flexibility index (Phi) is 4.87. The molecule has 0 aliphatic heterocycles. The first-order chi connectivity index (χ1) is 20.3. The van der Waals surface area contributed by atoms with E-state index < -0.39 is 0 Å². The van der Waals surface area contributed by atoms with Gasteiger partial charge in [-0.3, -0.25) is 0 Å². The van der Waals surface area contributed by atoms with Crippen LogP contribution < -0.4 is 0 Å². The molecule has 0 radical (unpaired) electrons. The number of hydrogen-bond donors (Lipinski definition) is 0. The molecule has 0 atom stereocenters. The second-order valence-corrected chi connectivity index (χ2v) is 12.0. The van der Waals surface area contributed by atoms with Gasteiger partial charge in [0.05, 0.1) is 0 Å². The normalized spacial score (nSPS) is 11.9. The molecule has 1 heterocycles. The van der Waals surface area contributed by atoms with Gasteiger partial charge in [0.15, 0.2) is 0 Å². The van der Waals surface area contributed by atoms with Crippen molar-refractivity contribution in [3.8, 4) is 22.3 Å². The Labute approximate surface area is 241 Å². The van der Waals surface area contributed by atoms with Gasteiger partial charge in [0.25, 0.3) is 0 Å². The summed E-state index contributed by atoms with van der Waals surface area (Å²) in [5, 5.41) is 13.1. The van der Waals surface area contributed by atoms with Crippen LogP contribution >= 0.6 is 11.3 Å². The SMILES string of the molecule is c1ccc(-c2cc3c4ccccc4c(-c4cccc5sc6cc7ccccc7cc6c45)cc3c3ccccc23)cc1. The minimum atomic E-state index is 1.25. The van der Waals surface area contributed by atoms with Gasteiger partial charge in [0, 0.05) is 20.2 Å². The average molecular weight is 537 g/mol. The van der Waals surface area contributed by atoms with Gasteiger partial charge >= 0.3 is 0 Å². The van der Waals surface area contributed by atoms with E-state index in [1.54, 1.807) is 0 Å². The number of benzene rings is 8. The highest BCUT2D eigenvalue weighted by molar-refractivity contribution is 7.26. The lowest BCUT2D eigenvalue weighted by Crippen LogP contribution is -1.89. The Balaban J connectivity index is 1.43. The Morgan fingerprint density at radius 3 is 1.63 bits per heavy atom. The smallest absolute Gasteiger partial charge is 0.0362 e. The zero-order valence-corrected chi connectivity index (χ0v) is 23.1. The summed E-state index contributed by atoms with van der Waals surface area (Å²) in [5.74, 6) is 0. The fourth-order valence-electron chi connectivity index (χ4n) is 6.77. The van der Waals surface area contributed by atoms with Crippen LogP contribution in [-0.2, 0) is 0 Å². The van der Waals surface area contributed by atoms with Crippen LogP contribution in [0.4, 0.5) is 0 Å². The summed E-state index contributed by atoms with van der Waals surface area (Å²) < 4.78 is 2.68. The van der Waals surface area contributed by atoms with Gasteiger partial charge in [-0.1, -0.05) is 115 Å². The van der Waals surface area contributed by atoms with Crippen LogP contribution in [0.2, 0.25) is 0 Å². The zero-order chi connectivity index (χ0) is 26.9. The first kappa shape index (κ1) is 22.8. The van der Waals surface area contributed by atoms with Crippen LogP contribution in [0.15, 0.2) is 146 Å². The molecule has 0 nitrogen and oxygen atoms in total. The molecule has 1 heteroatoms. The van der Waals surface area contributed by atoms with Crippen molar-refractivity contribution >= 4 is 74.6 Å². The summed E-state index contributed by atoms with van der Waals surface area (Å²) in [7, 11) is 0. The fourth-order valence-corrected chi connectivity index (χ4v) is 7.93. The van der Waals surface area contributed by atoms with E-state index >= 15 is 0 Å². The molecule has 0 saturated carbocycles. The molecule has 0 spiro atoms. The van der Waals surface area contributed by atoms with Crippen LogP contribution in [0, 0.1) is 0 Å². The molecule has 0 aliphatic rings. The van der Waals surface area contributed by atoms with E-state index in [1.807, 2.05) is 11.3 Å². The molecule has 8 aromatic carbocycles.